The molecule has 2 aliphatic rings. The van der Waals surface area contributed by atoms with E-state index in [9.17, 15) is 4.79 Å². The predicted molar refractivity (Wildman–Crippen MR) is 124 cm³/mol. The molecule has 29 heavy (non-hydrogen) atoms. The number of nitrogens with zero attached hydrogens (tertiary/aromatic N) is 3. The lowest BCUT2D eigenvalue weighted by atomic mass is 10.0. The number of carbonyl (C=O) groups excluding carboxylic acids is 1. The van der Waals surface area contributed by atoms with Gasteiger partial charge in [0.05, 0.1) is 6.54 Å². The van der Waals surface area contributed by atoms with Gasteiger partial charge >= 0.3 is 0 Å². The monoisotopic (exact) mass is 438 g/mol. The van der Waals surface area contributed by atoms with Crippen LogP contribution < -0.4 is 5.32 Å². The molecule has 2 heterocycles. The third-order valence-electron chi connectivity index (χ3n) is 5.98. The molecule has 0 unspecified atom stereocenters. The van der Waals surface area contributed by atoms with Crippen LogP contribution in [0.15, 0.2) is 42.5 Å². The SMILES string of the molecule is C[C@@H]1CNCCN1CC(=O)N1CCN(Cc2cccc3ccccc23)CC1.Cl.Cl. The van der Waals surface area contributed by atoms with E-state index in [1.165, 1.54) is 16.3 Å². The summed E-state index contributed by atoms with van der Waals surface area (Å²) >= 11 is 0. The van der Waals surface area contributed by atoms with Gasteiger partial charge in [0.15, 0.2) is 0 Å². The van der Waals surface area contributed by atoms with Gasteiger partial charge in [-0.2, -0.15) is 0 Å². The Morgan fingerprint density at radius 1 is 1.00 bits per heavy atom. The van der Waals surface area contributed by atoms with Crippen molar-refractivity contribution in [1.29, 1.82) is 0 Å². The van der Waals surface area contributed by atoms with Crippen LogP contribution in [0.1, 0.15) is 12.5 Å². The van der Waals surface area contributed by atoms with E-state index in [0.717, 1.165) is 52.4 Å². The van der Waals surface area contributed by atoms with Crippen molar-refractivity contribution in [3.63, 3.8) is 0 Å². The van der Waals surface area contributed by atoms with Crippen LogP contribution in [0.2, 0.25) is 0 Å². The van der Waals surface area contributed by atoms with Gasteiger partial charge < -0.3 is 10.2 Å². The van der Waals surface area contributed by atoms with E-state index >= 15 is 0 Å². The Balaban J connectivity index is 0.00000150. The standard InChI is InChI=1S/C22H30N4O.2ClH/c1-18-15-23-9-10-26(18)17-22(27)25-13-11-24(12-14-25)16-20-7-4-6-19-5-2-3-8-21(19)20;;/h2-8,18,23H,9-17H2,1H3;2*1H/t18-;;/m1../s1. The van der Waals surface area contributed by atoms with Gasteiger partial charge in [0.1, 0.15) is 0 Å². The fraction of sp³-hybridized carbons (Fsp3) is 0.500. The van der Waals surface area contributed by atoms with E-state index in [4.69, 9.17) is 0 Å². The van der Waals surface area contributed by atoms with Crippen molar-refractivity contribution in [3.05, 3.63) is 48.0 Å². The number of hydrogen-bond acceptors (Lipinski definition) is 4. The molecule has 0 radical (unpaired) electrons. The summed E-state index contributed by atoms with van der Waals surface area (Å²) in [5.41, 5.74) is 1.38. The summed E-state index contributed by atoms with van der Waals surface area (Å²) in [7, 11) is 0. The molecule has 2 aliphatic heterocycles. The molecule has 160 valence electrons. The molecule has 0 spiro atoms. The van der Waals surface area contributed by atoms with Crippen molar-refractivity contribution in [2.24, 2.45) is 0 Å². The zero-order chi connectivity index (χ0) is 18.6. The third-order valence-corrected chi connectivity index (χ3v) is 5.98. The average Bonchev–Trinajstić information content (AvgIpc) is 2.70. The number of benzene rings is 2. The maximum atomic E-state index is 12.7. The number of fused-ring (bicyclic) bond motifs is 1. The smallest absolute Gasteiger partial charge is 0.236 e. The van der Waals surface area contributed by atoms with Crippen molar-refractivity contribution >= 4 is 41.5 Å². The van der Waals surface area contributed by atoms with Gasteiger partial charge in [0.2, 0.25) is 5.91 Å². The van der Waals surface area contributed by atoms with Crippen molar-refractivity contribution in [3.8, 4) is 0 Å². The Kier molecular flexibility index (Phi) is 9.18. The number of hydrogen-bond donors (Lipinski definition) is 1. The number of nitrogens with one attached hydrogen (secondary N) is 1. The fourth-order valence-electron chi connectivity index (χ4n) is 4.22. The maximum Gasteiger partial charge on any atom is 0.236 e. The number of piperazine rings is 2. The lowest BCUT2D eigenvalue weighted by Gasteiger charge is -2.38. The summed E-state index contributed by atoms with van der Waals surface area (Å²) in [5, 5.41) is 6.02. The summed E-state index contributed by atoms with van der Waals surface area (Å²) in [5.74, 6) is 0.286. The second kappa shape index (κ2) is 11.1. The van der Waals surface area contributed by atoms with Crippen LogP contribution in [-0.2, 0) is 11.3 Å². The molecule has 0 aromatic heterocycles. The van der Waals surface area contributed by atoms with E-state index in [1.54, 1.807) is 0 Å². The molecule has 0 saturated carbocycles. The Labute approximate surface area is 186 Å². The summed E-state index contributed by atoms with van der Waals surface area (Å²) in [4.78, 5) is 19.5. The number of rotatable bonds is 4. The first kappa shape index (κ1) is 23.9. The average molecular weight is 439 g/mol. The minimum absolute atomic E-state index is 0. The lowest BCUT2D eigenvalue weighted by Crippen LogP contribution is -2.55. The highest BCUT2D eigenvalue weighted by atomic mass is 35.5. The second-order valence-corrected chi connectivity index (χ2v) is 7.82. The van der Waals surface area contributed by atoms with E-state index < -0.39 is 0 Å². The van der Waals surface area contributed by atoms with Gasteiger partial charge in [0.25, 0.3) is 0 Å². The second-order valence-electron chi connectivity index (χ2n) is 7.82. The Bertz CT molecular complexity index is 790. The van der Waals surface area contributed by atoms with E-state index in [2.05, 4.69) is 64.5 Å². The van der Waals surface area contributed by atoms with Crippen LogP contribution in [0, 0.1) is 0 Å². The summed E-state index contributed by atoms with van der Waals surface area (Å²) < 4.78 is 0. The normalized spacial score (nSPS) is 20.7. The van der Waals surface area contributed by atoms with Crippen molar-refractivity contribution in [1.82, 2.24) is 20.0 Å². The van der Waals surface area contributed by atoms with Crippen LogP contribution in [0.4, 0.5) is 0 Å². The predicted octanol–water partition coefficient (Wildman–Crippen LogP) is 2.62. The van der Waals surface area contributed by atoms with Crippen LogP contribution in [-0.4, -0.2) is 79.0 Å². The number of amides is 1. The van der Waals surface area contributed by atoms with E-state index in [1.807, 2.05) is 4.90 Å². The quantitative estimate of drug-likeness (QED) is 0.795. The maximum absolute atomic E-state index is 12.7. The summed E-state index contributed by atoms with van der Waals surface area (Å²) in [6, 6.07) is 15.6. The summed E-state index contributed by atoms with van der Waals surface area (Å²) in [6.07, 6.45) is 0. The van der Waals surface area contributed by atoms with Crippen molar-refractivity contribution < 1.29 is 4.79 Å². The molecular formula is C22H32Cl2N4O. The molecular weight excluding hydrogens is 407 g/mol. The molecule has 7 heteroatoms. The van der Waals surface area contributed by atoms with Crippen molar-refractivity contribution in [2.75, 3.05) is 52.4 Å². The Morgan fingerprint density at radius 2 is 1.72 bits per heavy atom. The van der Waals surface area contributed by atoms with Gasteiger partial charge in [-0.15, -0.1) is 24.8 Å². The first-order valence-corrected chi connectivity index (χ1v) is 10.1. The number of halogens is 2. The minimum Gasteiger partial charge on any atom is -0.339 e. The first-order chi connectivity index (χ1) is 13.2. The molecule has 1 amide bonds. The first-order valence-electron chi connectivity index (χ1n) is 10.1. The fourth-order valence-corrected chi connectivity index (χ4v) is 4.22. The Morgan fingerprint density at radius 3 is 2.48 bits per heavy atom. The van der Waals surface area contributed by atoms with Gasteiger partial charge in [0, 0.05) is 58.4 Å². The lowest BCUT2D eigenvalue weighted by molar-refractivity contribution is -0.135. The molecule has 1 N–H and O–H groups in total. The molecule has 4 rings (SSSR count). The highest BCUT2D eigenvalue weighted by Crippen LogP contribution is 2.20. The molecule has 2 saturated heterocycles. The van der Waals surface area contributed by atoms with Gasteiger partial charge in [-0.1, -0.05) is 42.5 Å². The van der Waals surface area contributed by atoms with Crippen LogP contribution in [0.25, 0.3) is 10.8 Å². The van der Waals surface area contributed by atoms with Crippen LogP contribution in [0.5, 0.6) is 0 Å². The minimum atomic E-state index is 0. The molecule has 2 fully saturated rings. The van der Waals surface area contributed by atoms with E-state index in [0.29, 0.717) is 12.6 Å². The van der Waals surface area contributed by atoms with Crippen molar-refractivity contribution in [2.45, 2.75) is 19.5 Å². The third kappa shape index (κ3) is 5.83. The zero-order valence-corrected chi connectivity index (χ0v) is 18.7. The molecule has 0 aliphatic carbocycles. The highest BCUT2D eigenvalue weighted by molar-refractivity contribution is 5.86. The van der Waals surface area contributed by atoms with Crippen LogP contribution in [0.3, 0.4) is 0 Å². The molecule has 0 bridgehead atoms. The molecule has 5 nitrogen and oxygen atoms in total. The number of carbonyl (C=O) groups is 1. The Hall–Kier alpha value is -1.37. The van der Waals surface area contributed by atoms with Gasteiger partial charge in [-0.3, -0.25) is 14.6 Å². The van der Waals surface area contributed by atoms with E-state index in [-0.39, 0.29) is 30.7 Å². The molecule has 2 aromatic carbocycles. The molecule has 1 atom stereocenters. The van der Waals surface area contributed by atoms with Gasteiger partial charge in [-0.05, 0) is 23.3 Å². The highest BCUT2D eigenvalue weighted by Gasteiger charge is 2.25. The molecule has 2 aromatic rings. The van der Waals surface area contributed by atoms with Gasteiger partial charge in [-0.25, -0.2) is 0 Å². The zero-order valence-electron chi connectivity index (χ0n) is 17.0. The summed E-state index contributed by atoms with van der Waals surface area (Å²) in [6.45, 7) is 10.2. The van der Waals surface area contributed by atoms with Crippen LogP contribution >= 0.6 is 24.8 Å². The largest absolute Gasteiger partial charge is 0.339 e. The topological polar surface area (TPSA) is 38.8 Å².